The number of urea groups is 2. The first kappa shape index (κ1) is 22.8. The summed E-state index contributed by atoms with van der Waals surface area (Å²) in [6, 6.07) is 13.2. The topological polar surface area (TPSA) is 83.1 Å². The second-order valence-electron chi connectivity index (χ2n) is 5.74. The van der Waals surface area contributed by atoms with Crippen molar-refractivity contribution in [2.45, 2.75) is 13.1 Å². The molecule has 0 unspecified atom stereocenters. The van der Waals surface area contributed by atoms with E-state index in [9.17, 15) is 9.59 Å². The molecular formula is C19H22Cl2N4O4. The van der Waals surface area contributed by atoms with E-state index in [4.69, 9.17) is 32.9 Å². The van der Waals surface area contributed by atoms with Crippen molar-refractivity contribution < 1.29 is 19.3 Å². The number of halogens is 2. The van der Waals surface area contributed by atoms with Crippen LogP contribution in [0.3, 0.4) is 0 Å². The number of hydrogen-bond donors (Lipinski definition) is 2. The Kier molecular flexibility index (Phi) is 9.01. The number of nitrogens with one attached hydrogen (secondary N) is 2. The number of rotatable bonds is 8. The Morgan fingerprint density at radius 2 is 1.17 bits per heavy atom. The Balaban J connectivity index is 2.02. The third kappa shape index (κ3) is 6.79. The van der Waals surface area contributed by atoms with E-state index in [2.05, 4.69) is 10.6 Å². The minimum absolute atomic E-state index is 0.0905. The molecule has 0 saturated carbocycles. The van der Waals surface area contributed by atoms with Gasteiger partial charge in [0.2, 0.25) is 0 Å². The second kappa shape index (κ2) is 11.5. The van der Waals surface area contributed by atoms with Crippen LogP contribution in [0.4, 0.5) is 9.59 Å². The van der Waals surface area contributed by atoms with Crippen LogP contribution in [0.15, 0.2) is 48.5 Å². The van der Waals surface area contributed by atoms with Crippen molar-refractivity contribution in [1.82, 2.24) is 20.8 Å². The number of carbonyl (C=O) groups excluding carboxylic acids is 2. The highest BCUT2D eigenvalue weighted by Crippen LogP contribution is 2.19. The highest BCUT2D eigenvalue weighted by Gasteiger charge is 2.19. The highest BCUT2D eigenvalue weighted by atomic mass is 35.5. The molecular weight excluding hydrogens is 419 g/mol. The van der Waals surface area contributed by atoms with Gasteiger partial charge in [-0.1, -0.05) is 59.6 Å². The molecule has 0 aliphatic carbocycles. The summed E-state index contributed by atoms with van der Waals surface area (Å²) in [7, 11) is 2.95. The molecule has 0 aliphatic heterocycles. The molecule has 0 atom stereocenters. The molecule has 0 aromatic heterocycles. The average Bonchev–Trinajstić information content (AvgIpc) is 2.73. The third-order valence-corrected chi connectivity index (χ3v) is 4.58. The lowest BCUT2D eigenvalue weighted by molar-refractivity contribution is -0.266. The number of hydroxylamine groups is 4. The molecule has 0 bridgehead atoms. The molecule has 0 spiro atoms. The maximum atomic E-state index is 12.1. The third-order valence-electron chi connectivity index (χ3n) is 3.84. The first-order valence-corrected chi connectivity index (χ1v) is 9.43. The maximum Gasteiger partial charge on any atom is 0.341 e. The summed E-state index contributed by atoms with van der Waals surface area (Å²) in [6.45, 7) is -0.212. The van der Waals surface area contributed by atoms with Crippen LogP contribution in [-0.2, 0) is 22.8 Å². The van der Waals surface area contributed by atoms with E-state index in [0.29, 0.717) is 21.2 Å². The molecule has 0 heterocycles. The monoisotopic (exact) mass is 440 g/mol. The van der Waals surface area contributed by atoms with E-state index < -0.39 is 18.9 Å². The fourth-order valence-electron chi connectivity index (χ4n) is 2.32. The molecule has 2 aromatic carbocycles. The Morgan fingerprint density at radius 1 is 0.793 bits per heavy atom. The van der Waals surface area contributed by atoms with Crippen molar-refractivity contribution in [1.29, 1.82) is 0 Å². The first-order chi connectivity index (χ1) is 14.0. The number of nitrogens with zero attached hydrogens (tertiary/aromatic N) is 2. The quantitative estimate of drug-likeness (QED) is 0.482. The van der Waals surface area contributed by atoms with Gasteiger partial charge < -0.3 is 10.6 Å². The predicted molar refractivity (Wildman–Crippen MR) is 110 cm³/mol. The van der Waals surface area contributed by atoms with E-state index in [-0.39, 0.29) is 13.1 Å². The van der Waals surface area contributed by atoms with Gasteiger partial charge in [0.15, 0.2) is 6.79 Å². The van der Waals surface area contributed by atoms with Crippen molar-refractivity contribution in [3.8, 4) is 0 Å². The zero-order valence-corrected chi connectivity index (χ0v) is 17.5. The smallest absolute Gasteiger partial charge is 0.339 e. The molecule has 156 valence electrons. The van der Waals surface area contributed by atoms with Crippen molar-refractivity contribution in [3.63, 3.8) is 0 Å². The largest absolute Gasteiger partial charge is 0.341 e. The Bertz CT molecular complexity index is 770. The van der Waals surface area contributed by atoms with Crippen molar-refractivity contribution in [2.75, 3.05) is 20.9 Å². The summed E-state index contributed by atoms with van der Waals surface area (Å²) in [6.07, 6.45) is 0. The van der Waals surface area contributed by atoms with Gasteiger partial charge in [-0.15, -0.1) is 0 Å². The van der Waals surface area contributed by atoms with Gasteiger partial charge in [-0.3, -0.25) is 0 Å². The molecule has 0 saturated heterocycles. The summed E-state index contributed by atoms with van der Waals surface area (Å²) in [5.74, 6) is 0. The molecule has 2 aromatic rings. The standard InChI is InChI=1S/C19H22Cl2N4O4/c1-22-18(26)24(11-14-7-3-5-9-16(14)20)28-13-29-25(19(27)23-2)12-15-8-4-6-10-17(15)21/h3-10H,11-13H2,1-2H3,(H,22,26)(H,23,27). The highest BCUT2D eigenvalue weighted by molar-refractivity contribution is 6.31. The van der Waals surface area contributed by atoms with Gasteiger partial charge in [0.1, 0.15) is 0 Å². The number of carbonyl (C=O) groups is 2. The molecule has 0 radical (unpaired) electrons. The fourth-order valence-corrected chi connectivity index (χ4v) is 2.71. The normalized spacial score (nSPS) is 10.3. The van der Waals surface area contributed by atoms with E-state index in [1.807, 2.05) is 0 Å². The van der Waals surface area contributed by atoms with Crippen LogP contribution in [0.5, 0.6) is 0 Å². The van der Waals surface area contributed by atoms with Crippen molar-refractivity contribution in [3.05, 3.63) is 69.7 Å². The van der Waals surface area contributed by atoms with Crippen LogP contribution in [-0.4, -0.2) is 43.1 Å². The van der Waals surface area contributed by atoms with Crippen LogP contribution >= 0.6 is 23.2 Å². The van der Waals surface area contributed by atoms with E-state index in [0.717, 1.165) is 10.1 Å². The zero-order valence-electron chi connectivity index (χ0n) is 16.0. The summed E-state index contributed by atoms with van der Waals surface area (Å²) in [4.78, 5) is 35.1. The summed E-state index contributed by atoms with van der Waals surface area (Å²) >= 11 is 12.3. The Hall–Kier alpha value is -2.52. The first-order valence-electron chi connectivity index (χ1n) is 8.67. The lowest BCUT2D eigenvalue weighted by atomic mass is 10.2. The summed E-state index contributed by atoms with van der Waals surface area (Å²) in [5, 5.41) is 8.06. The molecule has 4 amide bonds. The van der Waals surface area contributed by atoms with Crippen LogP contribution < -0.4 is 10.6 Å². The number of hydrogen-bond acceptors (Lipinski definition) is 4. The number of benzene rings is 2. The second-order valence-corrected chi connectivity index (χ2v) is 6.56. The van der Waals surface area contributed by atoms with Crippen LogP contribution in [0.25, 0.3) is 0 Å². The predicted octanol–water partition coefficient (Wildman–Crippen LogP) is 3.80. The minimum Gasteiger partial charge on any atom is -0.339 e. The molecule has 0 fully saturated rings. The summed E-state index contributed by atoms with van der Waals surface area (Å²) in [5.41, 5.74) is 1.38. The SMILES string of the molecule is CNC(=O)N(Cc1ccccc1Cl)OCON(Cc1ccccc1Cl)C(=O)NC. The molecule has 8 nitrogen and oxygen atoms in total. The molecule has 29 heavy (non-hydrogen) atoms. The molecule has 10 heteroatoms. The van der Waals surface area contributed by atoms with Gasteiger partial charge in [-0.25, -0.2) is 19.3 Å². The van der Waals surface area contributed by atoms with Crippen LogP contribution in [0.2, 0.25) is 10.0 Å². The maximum absolute atomic E-state index is 12.1. The average molecular weight is 441 g/mol. The van der Waals surface area contributed by atoms with E-state index in [1.165, 1.54) is 14.1 Å². The van der Waals surface area contributed by atoms with Gasteiger partial charge in [0.05, 0.1) is 13.1 Å². The van der Waals surface area contributed by atoms with E-state index in [1.54, 1.807) is 48.5 Å². The van der Waals surface area contributed by atoms with Crippen LogP contribution in [0, 0.1) is 0 Å². The lowest BCUT2D eigenvalue weighted by Gasteiger charge is -2.25. The Labute approximate surface area is 179 Å². The van der Waals surface area contributed by atoms with Crippen molar-refractivity contribution >= 4 is 35.3 Å². The zero-order chi connectivity index (χ0) is 21.2. The summed E-state index contributed by atoms with van der Waals surface area (Å²) < 4.78 is 0. The van der Waals surface area contributed by atoms with Gasteiger partial charge in [0, 0.05) is 24.1 Å². The number of amides is 4. The molecule has 2 rings (SSSR count). The fraction of sp³-hybridized carbons (Fsp3) is 0.263. The van der Waals surface area contributed by atoms with Crippen LogP contribution in [0.1, 0.15) is 11.1 Å². The van der Waals surface area contributed by atoms with Gasteiger partial charge >= 0.3 is 12.1 Å². The van der Waals surface area contributed by atoms with Gasteiger partial charge in [0.25, 0.3) is 0 Å². The lowest BCUT2D eigenvalue weighted by Crippen LogP contribution is -2.41. The molecule has 2 N–H and O–H groups in total. The van der Waals surface area contributed by atoms with E-state index >= 15 is 0 Å². The molecule has 0 aliphatic rings. The Morgan fingerprint density at radius 3 is 1.52 bits per heavy atom. The van der Waals surface area contributed by atoms with Crippen molar-refractivity contribution in [2.24, 2.45) is 0 Å². The minimum atomic E-state index is -0.494. The van der Waals surface area contributed by atoms with Gasteiger partial charge in [-0.2, -0.15) is 10.1 Å². The van der Waals surface area contributed by atoms with Gasteiger partial charge in [-0.05, 0) is 23.3 Å².